The Kier molecular flexibility index (Phi) is 4.83. The summed E-state index contributed by atoms with van der Waals surface area (Å²) in [6, 6.07) is 1.67. The van der Waals surface area contributed by atoms with Crippen molar-refractivity contribution >= 4 is 0 Å². The molecule has 3 heteroatoms. The van der Waals surface area contributed by atoms with Crippen molar-refractivity contribution in [3.63, 3.8) is 0 Å². The topological polar surface area (TPSA) is 35.5 Å². The number of nitrogens with zero attached hydrogens (tertiary/aromatic N) is 1. The van der Waals surface area contributed by atoms with Crippen LogP contribution in [0.5, 0.6) is 0 Å². The van der Waals surface area contributed by atoms with E-state index in [1.807, 2.05) is 0 Å². The number of hydrogen-bond acceptors (Lipinski definition) is 3. The zero-order valence-corrected chi connectivity index (χ0v) is 11.4. The fourth-order valence-corrected chi connectivity index (χ4v) is 3.19. The quantitative estimate of drug-likeness (QED) is 0.789. The number of aliphatic hydroxyl groups is 1. The molecule has 2 aliphatic rings. The predicted octanol–water partition coefficient (Wildman–Crippen LogP) is 1.75. The molecule has 1 saturated heterocycles. The number of piperidine rings is 1. The molecule has 1 saturated carbocycles. The van der Waals surface area contributed by atoms with Gasteiger partial charge in [0.25, 0.3) is 0 Å². The molecule has 0 spiro atoms. The van der Waals surface area contributed by atoms with Gasteiger partial charge in [-0.15, -0.1) is 0 Å². The second-order valence-electron chi connectivity index (χ2n) is 6.03. The number of hydrogen-bond donors (Lipinski definition) is 2. The number of nitrogens with one attached hydrogen (secondary N) is 1. The average molecular weight is 240 g/mol. The molecule has 1 aliphatic carbocycles. The molecule has 2 fully saturated rings. The van der Waals surface area contributed by atoms with E-state index in [0.717, 1.165) is 12.8 Å². The molecule has 100 valence electrons. The summed E-state index contributed by atoms with van der Waals surface area (Å²) >= 11 is 0. The Labute approximate surface area is 106 Å². The van der Waals surface area contributed by atoms with E-state index in [9.17, 15) is 5.11 Å². The van der Waals surface area contributed by atoms with E-state index in [-0.39, 0.29) is 6.10 Å². The lowest BCUT2D eigenvalue weighted by Gasteiger charge is -2.38. The average Bonchev–Trinajstić information content (AvgIpc) is 2.33. The Bertz CT molecular complexity index is 224. The Morgan fingerprint density at radius 3 is 2.29 bits per heavy atom. The zero-order valence-electron chi connectivity index (χ0n) is 11.4. The number of likely N-dealkylation sites (tertiary alicyclic amines) is 1. The first kappa shape index (κ1) is 13.3. The molecule has 0 unspecified atom stereocenters. The van der Waals surface area contributed by atoms with E-state index < -0.39 is 0 Å². The van der Waals surface area contributed by atoms with Crippen molar-refractivity contribution in [1.29, 1.82) is 0 Å². The molecule has 0 amide bonds. The van der Waals surface area contributed by atoms with Gasteiger partial charge in [-0.05, 0) is 52.6 Å². The Morgan fingerprint density at radius 2 is 1.71 bits per heavy atom. The van der Waals surface area contributed by atoms with Gasteiger partial charge in [-0.25, -0.2) is 0 Å². The van der Waals surface area contributed by atoms with Gasteiger partial charge in [-0.1, -0.05) is 12.8 Å². The monoisotopic (exact) mass is 240 g/mol. The van der Waals surface area contributed by atoms with Gasteiger partial charge in [0.15, 0.2) is 0 Å². The smallest absolute Gasteiger partial charge is 0.0693 e. The standard InChI is InChI=1S/C14H28N2O/c1-11(2)16-9-7-12(8-10-16)15-13-5-3-4-6-14(13)17/h11-15,17H,3-10H2,1-2H3/t13-,14-/m1/s1. The first-order valence-electron chi connectivity index (χ1n) is 7.35. The van der Waals surface area contributed by atoms with Crippen LogP contribution in [0, 0.1) is 0 Å². The van der Waals surface area contributed by atoms with Gasteiger partial charge in [-0.2, -0.15) is 0 Å². The fourth-order valence-electron chi connectivity index (χ4n) is 3.19. The summed E-state index contributed by atoms with van der Waals surface area (Å²) in [5.41, 5.74) is 0. The van der Waals surface area contributed by atoms with E-state index in [2.05, 4.69) is 24.1 Å². The van der Waals surface area contributed by atoms with E-state index >= 15 is 0 Å². The second kappa shape index (κ2) is 6.17. The molecular weight excluding hydrogens is 212 g/mol. The Morgan fingerprint density at radius 1 is 1.06 bits per heavy atom. The van der Waals surface area contributed by atoms with Gasteiger partial charge in [0.1, 0.15) is 0 Å². The second-order valence-corrected chi connectivity index (χ2v) is 6.03. The maximum atomic E-state index is 9.97. The molecule has 0 aromatic heterocycles. The summed E-state index contributed by atoms with van der Waals surface area (Å²) in [7, 11) is 0. The van der Waals surface area contributed by atoms with Crippen molar-refractivity contribution < 1.29 is 5.11 Å². The fraction of sp³-hybridized carbons (Fsp3) is 1.00. The number of aliphatic hydroxyl groups excluding tert-OH is 1. The maximum Gasteiger partial charge on any atom is 0.0693 e. The summed E-state index contributed by atoms with van der Waals surface area (Å²) in [6.07, 6.45) is 6.99. The maximum absolute atomic E-state index is 9.97. The minimum absolute atomic E-state index is 0.105. The lowest BCUT2D eigenvalue weighted by atomic mass is 9.91. The highest BCUT2D eigenvalue weighted by Crippen LogP contribution is 2.21. The van der Waals surface area contributed by atoms with Crippen molar-refractivity contribution in [3.8, 4) is 0 Å². The van der Waals surface area contributed by atoms with Gasteiger partial charge in [0.2, 0.25) is 0 Å². The molecule has 1 aliphatic heterocycles. The summed E-state index contributed by atoms with van der Waals surface area (Å²) in [4.78, 5) is 2.55. The molecule has 0 aromatic carbocycles. The van der Waals surface area contributed by atoms with E-state index in [1.165, 1.54) is 38.8 Å². The van der Waals surface area contributed by atoms with Crippen LogP contribution < -0.4 is 5.32 Å². The van der Waals surface area contributed by atoms with Crippen LogP contribution in [0.1, 0.15) is 52.4 Å². The highest BCUT2D eigenvalue weighted by Gasteiger charge is 2.27. The van der Waals surface area contributed by atoms with Crippen LogP contribution in [-0.4, -0.2) is 47.3 Å². The van der Waals surface area contributed by atoms with Crippen molar-refractivity contribution in [2.75, 3.05) is 13.1 Å². The lowest BCUT2D eigenvalue weighted by molar-refractivity contribution is 0.0737. The molecule has 17 heavy (non-hydrogen) atoms. The van der Waals surface area contributed by atoms with Crippen molar-refractivity contribution in [1.82, 2.24) is 10.2 Å². The normalized spacial score (nSPS) is 33.2. The van der Waals surface area contributed by atoms with Crippen LogP contribution in [0.25, 0.3) is 0 Å². The summed E-state index contributed by atoms with van der Waals surface area (Å²) in [5.74, 6) is 0. The van der Waals surface area contributed by atoms with Crippen molar-refractivity contribution in [2.45, 2.75) is 76.6 Å². The van der Waals surface area contributed by atoms with E-state index in [0.29, 0.717) is 18.1 Å². The third-order valence-electron chi connectivity index (χ3n) is 4.44. The summed E-state index contributed by atoms with van der Waals surface area (Å²) in [5, 5.41) is 13.7. The van der Waals surface area contributed by atoms with Crippen molar-refractivity contribution in [3.05, 3.63) is 0 Å². The summed E-state index contributed by atoms with van der Waals surface area (Å²) < 4.78 is 0. The Hall–Kier alpha value is -0.120. The first-order valence-corrected chi connectivity index (χ1v) is 7.35. The van der Waals surface area contributed by atoms with Gasteiger partial charge in [-0.3, -0.25) is 0 Å². The summed E-state index contributed by atoms with van der Waals surface area (Å²) in [6.45, 7) is 6.97. The van der Waals surface area contributed by atoms with Crippen LogP contribution in [0.2, 0.25) is 0 Å². The van der Waals surface area contributed by atoms with Crippen LogP contribution in [0.15, 0.2) is 0 Å². The molecule has 1 heterocycles. The molecule has 2 rings (SSSR count). The third kappa shape index (κ3) is 3.67. The molecule has 0 aromatic rings. The highest BCUT2D eigenvalue weighted by atomic mass is 16.3. The van der Waals surface area contributed by atoms with Crippen molar-refractivity contribution in [2.24, 2.45) is 0 Å². The van der Waals surface area contributed by atoms with Crippen LogP contribution in [0.4, 0.5) is 0 Å². The first-order chi connectivity index (χ1) is 8.16. The third-order valence-corrected chi connectivity index (χ3v) is 4.44. The van der Waals surface area contributed by atoms with Gasteiger partial charge >= 0.3 is 0 Å². The highest BCUT2D eigenvalue weighted by molar-refractivity contribution is 4.86. The SMILES string of the molecule is CC(C)N1CCC(N[C@@H]2CCCC[C@H]2O)CC1. The lowest BCUT2D eigenvalue weighted by Crippen LogP contribution is -2.51. The molecule has 2 N–H and O–H groups in total. The van der Waals surface area contributed by atoms with Crippen LogP contribution >= 0.6 is 0 Å². The molecular formula is C14H28N2O. The van der Waals surface area contributed by atoms with Gasteiger partial charge < -0.3 is 15.3 Å². The van der Waals surface area contributed by atoms with E-state index in [4.69, 9.17) is 0 Å². The van der Waals surface area contributed by atoms with E-state index in [1.54, 1.807) is 0 Å². The number of rotatable bonds is 3. The predicted molar refractivity (Wildman–Crippen MR) is 71.1 cm³/mol. The minimum atomic E-state index is -0.105. The molecule has 2 atom stereocenters. The Balaban J connectivity index is 1.73. The molecule has 0 radical (unpaired) electrons. The van der Waals surface area contributed by atoms with Crippen LogP contribution in [0.3, 0.4) is 0 Å². The van der Waals surface area contributed by atoms with Gasteiger partial charge in [0, 0.05) is 18.1 Å². The van der Waals surface area contributed by atoms with Crippen LogP contribution in [-0.2, 0) is 0 Å². The van der Waals surface area contributed by atoms with Gasteiger partial charge in [0.05, 0.1) is 6.10 Å². The zero-order chi connectivity index (χ0) is 12.3. The molecule has 0 bridgehead atoms. The minimum Gasteiger partial charge on any atom is -0.392 e. The molecule has 3 nitrogen and oxygen atoms in total. The largest absolute Gasteiger partial charge is 0.392 e.